The van der Waals surface area contributed by atoms with Crippen molar-refractivity contribution in [2.24, 2.45) is 0 Å². The minimum absolute atomic E-state index is 0.547. The molecule has 0 aliphatic carbocycles. The molecule has 55 heavy (non-hydrogen) atoms. The Morgan fingerprint density at radius 2 is 1.02 bits per heavy atom. The van der Waals surface area contributed by atoms with E-state index in [1.165, 1.54) is 49.2 Å². The average Bonchev–Trinajstić information content (AvgIpc) is 3.91. The first-order chi connectivity index (χ1) is 27.3. The van der Waals surface area contributed by atoms with Crippen molar-refractivity contribution in [1.82, 2.24) is 19.1 Å². The van der Waals surface area contributed by atoms with Gasteiger partial charge >= 0.3 is 0 Å². The molecular weight excluding hydrogens is 673 g/mol. The van der Waals surface area contributed by atoms with E-state index in [-0.39, 0.29) is 0 Å². The number of para-hydroxylation sites is 3. The maximum atomic E-state index is 6.24. The molecule has 256 valence electrons. The summed E-state index contributed by atoms with van der Waals surface area (Å²) >= 11 is 0. The first kappa shape index (κ1) is 30.0. The minimum Gasteiger partial charge on any atom is -0.436 e. The number of hydrogen-bond acceptors (Lipinski definition) is 3. The van der Waals surface area contributed by atoms with Crippen molar-refractivity contribution in [3.63, 3.8) is 0 Å². The van der Waals surface area contributed by atoms with Gasteiger partial charge in [-0.15, -0.1) is 0 Å². The Labute approximate surface area is 315 Å². The van der Waals surface area contributed by atoms with Crippen molar-refractivity contribution in [1.29, 1.82) is 0 Å². The fourth-order valence-electron chi connectivity index (χ4n) is 8.66. The van der Waals surface area contributed by atoms with Crippen LogP contribution >= 0.6 is 0 Å². The Morgan fingerprint density at radius 3 is 1.84 bits per heavy atom. The summed E-state index contributed by atoms with van der Waals surface area (Å²) in [5.41, 5.74) is 13.2. The summed E-state index contributed by atoms with van der Waals surface area (Å²) in [6.45, 7) is 0. The van der Waals surface area contributed by atoms with E-state index in [0.717, 1.165) is 55.4 Å². The highest BCUT2D eigenvalue weighted by Gasteiger charge is 2.18. The summed E-state index contributed by atoms with van der Waals surface area (Å²) in [4.78, 5) is 9.83. The first-order valence-electron chi connectivity index (χ1n) is 18.6. The number of nitrogens with zero attached hydrogens (tertiary/aromatic N) is 4. The van der Waals surface area contributed by atoms with E-state index in [9.17, 15) is 0 Å². The lowest BCUT2D eigenvalue weighted by molar-refractivity contribution is 0.654. The van der Waals surface area contributed by atoms with Crippen LogP contribution in [0.3, 0.4) is 0 Å². The molecule has 0 spiro atoms. The molecular formula is C50H30N4O. The molecule has 0 unspecified atom stereocenters. The number of benzene rings is 8. The van der Waals surface area contributed by atoms with Crippen LogP contribution in [-0.4, -0.2) is 19.1 Å². The molecule has 0 amide bonds. The third-order valence-electron chi connectivity index (χ3n) is 11.2. The number of aromatic nitrogens is 4. The Bertz CT molecular complexity index is 3480. The summed E-state index contributed by atoms with van der Waals surface area (Å²) in [5.74, 6) is 0. The smallest absolute Gasteiger partial charge is 0.246 e. The molecule has 0 radical (unpaired) electrons. The van der Waals surface area contributed by atoms with Gasteiger partial charge in [0.05, 0.1) is 39.3 Å². The predicted octanol–water partition coefficient (Wildman–Crippen LogP) is 13.1. The second kappa shape index (κ2) is 11.5. The van der Waals surface area contributed by atoms with E-state index in [4.69, 9.17) is 14.4 Å². The van der Waals surface area contributed by atoms with Gasteiger partial charge in [-0.1, -0.05) is 115 Å². The summed E-state index contributed by atoms with van der Waals surface area (Å²) < 4.78 is 11.0. The summed E-state index contributed by atoms with van der Waals surface area (Å²) in [6.07, 6.45) is 1.86. The zero-order valence-electron chi connectivity index (χ0n) is 29.5. The molecule has 0 N–H and O–H groups in total. The predicted molar refractivity (Wildman–Crippen MR) is 226 cm³/mol. The maximum absolute atomic E-state index is 6.24. The van der Waals surface area contributed by atoms with Crippen molar-refractivity contribution < 1.29 is 4.42 Å². The fraction of sp³-hybridized carbons (Fsp3) is 0. The van der Waals surface area contributed by atoms with Gasteiger partial charge in [-0.2, -0.15) is 0 Å². The third kappa shape index (κ3) is 4.47. The first-order valence-corrected chi connectivity index (χ1v) is 18.6. The standard InChI is InChI=1S/C50H30N4O/c1-2-11-35(12-3-1)53-44-17-9-7-15-39(44)41-28-33(21-26-45(41)53)34-20-25-40-38-14-6-8-16-43(38)54(46(40)29-34)36-23-18-32(19-24-36)42-30-51-49-48-37-13-5-4-10-31(37)22-27-47(48)55-50(49)52-42/h1-30H. The highest BCUT2D eigenvalue weighted by molar-refractivity contribution is 6.17. The van der Waals surface area contributed by atoms with Crippen molar-refractivity contribution >= 4 is 76.6 Å². The second-order valence-electron chi connectivity index (χ2n) is 14.2. The zero-order valence-corrected chi connectivity index (χ0v) is 29.5. The minimum atomic E-state index is 0.547. The largest absolute Gasteiger partial charge is 0.436 e. The molecule has 0 saturated heterocycles. The topological polar surface area (TPSA) is 48.8 Å². The average molecular weight is 703 g/mol. The molecule has 0 fully saturated rings. The lowest BCUT2D eigenvalue weighted by Crippen LogP contribution is -1.95. The highest BCUT2D eigenvalue weighted by Crippen LogP contribution is 2.39. The number of fused-ring (bicyclic) bond motifs is 11. The molecule has 0 aliphatic rings. The molecule has 5 nitrogen and oxygen atoms in total. The molecule has 4 aromatic heterocycles. The fourth-order valence-corrected chi connectivity index (χ4v) is 8.66. The SMILES string of the molecule is c1ccc(-n2c3ccccc3c3cc(-c4ccc5c6ccccc6n(-c6ccc(-c7cnc8c(n7)oc7ccc9ccccc9c78)cc6)c5c4)ccc32)cc1. The maximum Gasteiger partial charge on any atom is 0.246 e. The van der Waals surface area contributed by atoms with E-state index in [2.05, 4.69) is 173 Å². The lowest BCUT2D eigenvalue weighted by Gasteiger charge is -2.11. The molecule has 0 aliphatic heterocycles. The van der Waals surface area contributed by atoms with Crippen LogP contribution in [-0.2, 0) is 0 Å². The molecule has 4 heterocycles. The van der Waals surface area contributed by atoms with Gasteiger partial charge in [0.15, 0.2) is 0 Å². The van der Waals surface area contributed by atoms with Gasteiger partial charge in [0.1, 0.15) is 11.1 Å². The molecule has 8 aromatic carbocycles. The van der Waals surface area contributed by atoms with E-state index in [0.29, 0.717) is 5.71 Å². The van der Waals surface area contributed by atoms with Gasteiger partial charge in [0, 0.05) is 38.5 Å². The van der Waals surface area contributed by atoms with Crippen LogP contribution in [0.4, 0.5) is 0 Å². The van der Waals surface area contributed by atoms with Crippen molar-refractivity contribution in [2.75, 3.05) is 0 Å². The molecule has 12 rings (SSSR count). The Morgan fingerprint density at radius 1 is 0.418 bits per heavy atom. The normalized spacial score (nSPS) is 12.0. The van der Waals surface area contributed by atoms with Crippen LogP contribution in [0.2, 0.25) is 0 Å². The summed E-state index contributed by atoms with van der Waals surface area (Å²) in [6, 6.07) is 62.7. The second-order valence-corrected chi connectivity index (χ2v) is 14.2. The Hall–Kier alpha value is -7.50. The van der Waals surface area contributed by atoms with Crippen molar-refractivity contribution in [3.8, 4) is 33.8 Å². The van der Waals surface area contributed by atoms with Gasteiger partial charge in [0.2, 0.25) is 5.71 Å². The van der Waals surface area contributed by atoms with Gasteiger partial charge in [-0.25, -0.2) is 9.97 Å². The Kier molecular flexibility index (Phi) is 6.27. The molecule has 5 heteroatoms. The van der Waals surface area contributed by atoms with Gasteiger partial charge in [-0.3, -0.25) is 0 Å². The van der Waals surface area contributed by atoms with Crippen LogP contribution in [0, 0.1) is 0 Å². The zero-order chi connectivity index (χ0) is 36.0. The molecule has 0 atom stereocenters. The van der Waals surface area contributed by atoms with Gasteiger partial charge in [0.25, 0.3) is 0 Å². The van der Waals surface area contributed by atoms with Gasteiger partial charge < -0.3 is 13.6 Å². The van der Waals surface area contributed by atoms with Crippen LogP contribution in [0.5, 0.6) is 0 Å². The molecule has 0 saturated carbocycles. The summed E-state index contributed by atoms with van der Waals surface area (Å²) in [7, 11) is 0. The number of hydrogen-bond donors (Lipinski definition) is 0. The monoisotopic (exact) mass is 702 g/mol. The van der Waals surface area contributed by atoms with E-state index < -0.39 is 0 Å². The van der Waals surface area contributed by atoms with Crippen LogP contribution < -0.4 is 0 Å². The van der Waals surface area contributed by atoms with Crippen LogP contribution in [0.1, 0.15) is 0 Å². The van der Waals surface area contributed by atoms with E-state index in [1.807, 2.05) is 18.3 Å². The lowest BCUT2D eigenvalue weighted by atomic mass is 10.0. The van der Waals surface area contributed by atoms with Crippen LogP contribution in [0.15, 0.2) is 187 Å². The number of furan rings is 1. The third-order valence-corrected chi connectivity index (χ3v) is 11.2. The molecule has 12 aromatic rings. The van der Waals surface area contributed by atoms with Crippen molar-refractivity contribution in [3.05, 3.63) is 182 Å². The number of rotatable bonds is 4. The highest BCUT2D eigenvalue weighted by atomic mass is 16.3. The molecule has 0 bridgehead atoms. The summed E-state index contributed by atoms with van der Waals surface area (Å²) in [5, 5.41) is 8.22. The van der Waals surface area contributed by atoms with Crippen LogP contribution in [0.25, 0.3) is 110 Å². The van der Waals surface area contributed by atoms with E-state index in [1.54, 1.807) is 0 Å². The van der Waals surface area contributed by atoms with Gasteiger partial charge in [-0.05, 0) is 82.6 Å². The van der Waals surface area contributed by atoms with Crippen molar-refractivity contribution in [2.45, 2.75) is 0 Å². The Balaban J connectivity index is 0.971. The van der Waals surface area contributed by atoms with E-state index >= 15 is 0 Å². The quantitative estimate of drug-likeness (QED) is 0.183.